The van der Waals surface area contributed by atoms with Crippen molar-refractivity contribution in [2.75, 3.05) is 44.3 Å². The average molecular weight is 1070 g/mol. The maximum Gasteiger partial charge on any atom is 0.407 e. The van der Waals surface area contributed by atoms with Gasteiger partial charge in [-0.05, 0) is 112 Å². The van der Waals surface area contributed by atoms with Gasteiger partial charge in [-0.25, -0.2) is 18.4 Å². The number of nitrogens with zero attached hydrogens (tertiary/aromatic N) is 7. The van der Waals surface area contributed by atoms with Crippen LogP contribution in [0, 0.1) is 24.0 Å². The van der Waals surface area contributed by atoms with Crippen molar-refractivity contribution >= 4 is 56.4 Å². The van der Waals surface area contributed by atoms with Crippen LogP contribution in [0.2, 0.25) is 0 Å². The first-order chi connectivity index (χ1) is 37.9. The summed E-state index contributed by atoms with van der Waals surface area (Å²) in [5.74, 6) is 0.639. The number of phenolic OH excluding ortho intramolecular Hbond substituents is 1. The van der Waals surface area contributed by atoms with Gasteiger partial charge >= 0.3 is 17.8 Å². The molecule has 17 nitrogen and oxygen atoms in total. The first kappa shape index (κ1) is 52.9. The number of pyridine rings is 1. The molecular weight excluding hydrogens is 999 g/mol. The number of hydrogen-bond donors (Lipinski definition) is 4. The number of halogens is 2. The molecule has 410 valence electrons. The summed E-state index contributed by atoms with van der Waals surface area (Å²) in [7, 11) is 1.72. The highest BCUT2D eigenvalue weighted by molar-refractivity contribution is 6.03. The highest BCUT2D eigenvalue weighted by Crippen LogP contribution is 2.44. The Kier molecular flexibility index (Phi) is 15.4. The van der Waals surface area contributed by atoms with Gasteiger partial charge in [0.05, 0.1) is 27.5 Å². The molecule has 5 aliphatic rings. The highest BCUT2D eigenvalue weighted by atomic mass is 19.1. The molecule has 78 heavy (non-hydrogen) atoms. The summed E-state index contributed by atoms with van der Waals surface area (Å²) in [5, 5.41) is 20.8. The zero-order valence-electron chi connectivity index (χ0n) is 44.3. The number of benzene rings is 3. The summed E-state index contributed by atoms with van der Waals surface area (Å²) in [6.07, 6.45) is 23.8. The topological polar surface area (TPSA) is 198 Å². The van der Waals surface area contributed by atoms with E-state index in [-0.39, 0.29) is 94.4 Å². The van der Waals surface area contributed by atoms with Gasteiger partial charge in [-0.15, -0.1) is 6.42 Å². The van der Waals surface area contributed by atoms with E-state index in [1.807, 2.05) is 18.2 Å². The van der Waals surface area contributed by atoms with Crippen LogP contribution >= 0.6 is 0 Å². The Morgan fingerprint density at radius 3 is 2.46 bits per heavy atom. The third-order valence-electron chi connectivity index (χ3n) is 17.1. The van der Waals surface area contributed by atoms with Crippen molar-refractivity contribution in [3.05, 3.63) is 81.9 Å². The molecule has 0 spiro atoms. The van der Waals surface area contributed by atoms with Crippen LogP contribution in [0.4, 0.5) is 19.4 Å². The second-order valence-electron chi connectivity index (χ2n) is 22.2. The lowest BCUT2D eigenvalue weighted by Crippen LogP contribution is -2.51. The molecule has 3 unspecified atom stereocenters. The zero-order chi connectivity index (χ0) is 54.1. The molecule has 11 rings (SSSR count). The van der Waals surface area contributed by atoms with Crippen molar-refractivity contribution < 1.29 is 37.7 Å². The molecule has 0 saturated carbocycles. The van der Waals surface area contributed by atoms with Gasteiger partial charge in [-0.2, -0.15) is 9.97 Å². The molecule has 6 aromatic rings. The molecule has 3 amide bonds. The Morgan fingerprint density at radius 2 is 1.69 bits per heavy atom. The van der Waals surface area contributed by atoms with Crippen LogP contribution in [-0.4, -0.2) is 115 Å². The summed E-state index contributed by atoms with van der Waals surface area (Å²) in [5.41, 5.74) is 2.02. The van der Waals surface area contributed by atoms with E-state index >= 15 is 8.78 Å². The maximum absolute atomic E-state index is 17.2. The molecule has 5 fully saturated rings. The number of nitrogens with one attached hydrogen (secondary N) is 3. The predicted molar refractivity (Wildman–Crippen MR) is 292 cm³/mol. The molecule has 0 radical (unpaired) electrons. The number of anilines is 1. The first-order valence-electron chi connectivity index (χ1n) is 28.0. The van der Waals surface area contributed by atoms with Crippen LogP contribution in [0.1, 0.15) is 126 Å². The number of aromatic hydroxyl groups is 1. The van der Waals surface area contributed by atoms with E-state index in [4.69, 9.17) is 25.9 Å². The molecule has 3 aromatic heterocycles. The monoisotopic (exact) mass is 1070 g/mol. The number of aromatic nitrogens is 5. The van der Waals surface area contributed by atoms with Gasteiger partial charge in [0.25, 0.3) is 0 Å². The number of alkyl carbamates (subject to hydrolysis) is 1. The lowest BCUT2D eigenvalue weighted by Gasteiger charge is -2.35. The van der Waals surface area contributed by atoms with Crippen molar-refractivity contribution in [3.8, 4) is 35.4 Å². The molecule has 19 heteroatoms. The van der Waals surface area contributed by atoms with Crippen LogP contribution in [0.15, 0.2) is 53.5 Å². The largest absolute Gasteiger partial charge is 0.508 e. The lowest BCUT2D eigenvalue weighted by molar-refractivity contribution is -0.135. The zero-order valence-corrected chi connectivity index (χ0v) is 44.3. The number of piperazine rings is 1. The number of piperidine rings is 1. The molecule has 8 heterocycles. The number of fused-ring (bicyclic) bond motifs is 6. The second-order valence-corrected chi connectivity index (χ2v) is 22.2. The van der Waals surface area contributed by atoms with Gasteiger partial charge in [0.1, 0.15) is 47.9 Å². The molecule has 2 bridgehead atoms. The van der Waals surface area contributed by atoms with Gasteiger partial charge in [0.2, 0.25) is 11.8 Å². The Bertz CT molecular complexity index is 3380. The molecular formula is C59H68F2N10O7. The minimum Gasteiger partial charge on any atom is -0.508 e. The Morgan fingerprint density at radius 1 is 0.923 bits per heavy atom. The summed E-state index contributed by atoms with van der Waals surface area (Å²) >= 11 is 0. The van der Waals surface area contributed by atoms with Gasteiger partial charge in [-0.3, -0.25) is 33.9 Å². The number of ether oxygens (including phenoxy) is 2. The Balaban J connectivity index is 0.630. The van der Waals surface area contributed by atoms with E-state index in [1.165, 1.54) is 47.9 Å². The summed E-state index contributed by atoms with van der Waals surface area (Å²) in [6, 6.07) is 11.4. The molecule has 5 atom stereocenters. The standard InChI is InChI=1S/C59H68F2N10O7/c1-3-42-45(60)19-16-37-29-41(72)30-43(50(37)42)52-51(61)53-44(31-63-52)54(69-32-38-17-18-39(33-69)64-38)67-56(66-53)78-35-59-24-13-27-70(59)40(23-25-59)34-77-57(75)62-26-12-10-8-6-4-5-7-9-11-14-36-15-20-46-48(28-36)68(2)58(76)71(46)47-21-22-49(73)65-55(47)74/h1,15-16,19-20,28-31,38-40,47,64,72H,4-14,17-18,21-27,32-35H2,2H3,(H,62,75)(H,65,73,74)/t38?,39?,40-,47?,59-/m0/s1. The number of imidazole rings is 1. The number of aryl methyl sites for hydroxylation is 2. The van der Waals surface area contributed by atoms with E-state index in [2.05, 4.69) is 36.7 Å². The van der Waals surface area contributed by atoms with Crippen LogP contribution in [0.3, 0.4) is 0 Å². The Hall–Kier alpha value is -7.17. The molecule has 5 aliphatic heterocycles. The summed E-state index contributed by atoms with van der Waals surface area (Å²) in [6.45, 7) is 3.28. The van der Waals surface area contributed by atoms with E-state index in [0.717, 1.165) is 108 Å². The first-order valence-corrected chi connectivity index (χ1v) is 28.0. The van der Waals surface area contributed by atoms with Gasteiger partial charge in [0, 0.05) is 68.4 Å². The van der Waals surface area contributed by atoms with E-state index in [9.17, 15) is 24.3 Å². The highest BCUT2D eigenvalue weighted by Gasteiger charge is 2.50. The normalized spacial score (nSPS) is 22.1. The van der Waals surface area contributed by atoms with Crippen molar-refractivity contribution in [3.63, 3.8) is 0 Å². The summed E-state index contributed by atoms with van der Waals surface area (Å²) in [4.78, 5) is 68.9. The second kappa shape index (κ2) is 22.7. The molecule has 3 aromatic carbocycles. The minimum absolute atomic E-state index is 0.00222. The van der Waals surface area contributed by atoms with Crippen LogP contribution in [-0.2, 0) is 27.8 Å². The fourth-order valence-corrected chi connectivity index (χ4v) is 13.1. The van der Waals surface area contributed by atoms with Crippen LogP contribution in [0.25, 0.3) is 44.0 Å². The SMILES string of the molecule is C#Cc1c(F)ccc2cc(O)cc(-c3ncc4c(N5CC6CCC(C5)N6)nc(OC[C@@]56CCCN5[C@H](COC(=O)NCCCCCCCCCCCc5ccc7c(c5)n(C)c(=O)n7C5CCC(=O)NC5=O)CC6)nc4c3F)c12. The quantitative estimate of drug-likeness (QED) is 0.0324. The van der Waals surface area contributed by atoms with Gasteiger partial charge < -0.3 is 30.1 Å². The van der Waals surface area contributed by atoms with E-state index in [1.54, 1.807) is 11.6 Å². The average Bonchev–Trinajstić information content (AvgIpc) is 4.33. The number of amides is 3. The smallest absolute Gasteiger partial charge is 0.407 e. The van der Waals surface area contributed by atoms with Crippen LogP contribution < -0.4 is 31.3 Å². The lowest BCUT2D eigenvalue weighted by atomic mass is 9.95. The fraction of sp³-hybridized carbons (Fsp3) is 0.508. The van der Waals surface area contributed by atoms with Crippen LogP contribution in [0.5, 0.6) is 11.8 Å². The van der Waals surface area contributed by atoms with Crippen molar-refractivity contribution in [2.45, 2.75) is 145 Å². The van der Waals surface area contributed by atoms with Crippen molar-refractivity contribution in [1.29, 1.82) is 0 Å². The summed E-state index contributed by atoms with van der Waals surface area (Å²) < 4.78 is 47.7. The third-order valence-corrected chi connectivity index (χ3v) is 17.1. The molecule has 0 aliphatic carbocycles. The van der Waals surface area contributed by atoms with Gasteiger partial charge in [0.15, 0.2) is 5.82 Å². The van der Waals surface area contributed by atoms with E-state index < -0.39 is 29.7 Å². The molecule has 5 saturated heterocycles. The number of carbonyl (C=O) groups excluding carboxylic acids is 3. The number of terminal acetylenes is 1. The van der Waals surface area contributed by atoms with Crippen molar-refractivity contribution in [2.24, 2.45) is 7.05 Å². The number of hydrogen-bond acceptors (Lipinski definition) is 13. The third kappa shape index (κ3) is 10.6. The number of phenols is 1. The maximum atomic E-state index is 17.2. The van der Waals surface area contributed by atoms with Gasteiger partial charge in [-0.1, -0.05) is 63.0 Å². The number of imide groups is 1. The van der Waals surface area contributed by atoms with Crippen molar-refractivity contribution in [1.82, 2.24) is 44.9 Å². The predicted octanol–water partition coefficient (Wildman–Crippen LogP) is 8.24. The van der Waals surface area contributed by atoms with E-state index in [0.29, 0.717) is 48.2 Å². The number of unbranched alkanes of at least 4 members (excludes halogenated alkanes) is 8. The number of rotatable bonds is 20. The number of carbonyl (C=O) groups is 3. The Labute approximate surface area is 451 Å². The fourth-order valence-electron chi connectivity index (χ4n) is 13.1. The minimum atomic E-state index is -0.765. The molecule has 4 N–H and O–H groups in total.